The molecule has 1 saturated heterocycles. The van der Waals surface area contributed by atoms with Crippen LogP contribution in [0.15, 0.2) is 35.3 Å². The smallest absolute Gasteiger partial charge is 0.280 e. The van der Waals surface area contributed by atoms with E-state index in [0.717, 1.165) is 26.1 Å². The molecule has 1 fully saturated rings. The van der Waals surface area contributed by atoms with Crippen molar-refractivity contribution in [3.8, 4) is 0 Å². The Labute approximate surface area is 161 Å². The van der Waals surface area contributed by atoms with Gasteiger partial charge in [-0.05, 0) is 12.0 Å². The Morgan fingerprint density at radius 1 is 1.26 bits per heavy atom. The third-order valence-electron chi connectivity index (χ3n) is 4.18. The normalized spacial score (nSPS) is 17.8. The molecule has 0 spiro atoms. The molecule has 1 aromatic heterocycles. The van der Waals surface area contributed by atoms with Crippen LogP contribution in [-0.2, 0) is 6.54 Å². The number of carbonyl (C=O) groups is 1. The second kappa shape index (κ2) is 8.19. The quantitative estimate of drug-likeness (QED) is 0.443. The number of aliphatic imine (C=N–C) groups is 1. The summed E-state index contributed by atoms with van der Waals surface area (Å²) in [5.74, 6) is -0.808. The molecule has 1 amide bonds. The number of nitrogens with zero attached hydrogens (tertiary/aromatic N) is 4. The Balaban J connectivity index is 1.58. The number of halogens is 1. The highest BCUT2D eigenvalue weighted by atomic mass is 35.5. The second-order valence-electron chi connectivity index (χ2n) is 6.27. The van der Waals surface area contributed by atoms with Gasteiger partial charge in [-0.1, -0.05) is 41.9 Å². The number of aromatic nitrogens is 2. The van der Waals surface area contributed by atoms with E-state index in [0.29, 0.717) is 0 Å². The van der Waals surface area contributed by atoms with Crippen LogP contribution in [0, 0.1) is 0 Å². The molecule has 2 aromatic rings. The minimum absolute atomic E-state index is 0.000656. The number of carbonyl (C=O) groups excluding carboxylic acids is 1. The number of anilines is 2. The van der Waals surface area contributed by atoms with Crippen molar-refractivity contribution in [3.05, 3.63) is 46.7 Å². The van der Waals surface area contributed by atoms with Crippen molar-refractivity contribution in [1.82, 2.24) is 20.2 Å². The van der Waals surface area contributed by atoms with Crippen molar-refractivity contribution in [2.45, 2.75) is 19.0 Å². The fourth-order valence-electron chi connectivity index (χ4n) is 2.92. The molecule has 0 unspecified atom stereocenters. The number of nitrogens with two attached hydrogens (primary N) is 3. The van der Waals surface area contributed by atoms with Gasteiger partial charge in [0.15, 0.2) is 28.4 Å². The summed E-state index contributed by atoms with van der Waals surface area (Å²) in [5, 5.41) is 2.36. The van der Waals surface area contributed by atoms with Gasteiger partial charge in [0.1, 0.15) is 0 Å². The summed E-state index contributed by atoms with van der Waals surface area (Å²) in [4.78, 5) is 26.5. The van der Waals surface area contributed by atoms with Crippen LogP contribution in [0.25, 0.3) is 0 Å². The number of benzene rings is 1. The Bertz CT molecular complexity index is 858. The average molecular weight is 389 g/mol. The molecule has 0 saturated carbocycles. The molecule has 1 aromatic carbocycles. The van der Waals surface area contributed by atoms with E-state index >= 15 is 0 Å². The van der Waals surface area contributed by atoms with Crippen LogP contribution in [0.3, 0.4) is 0 Å². The number of rotatable bonds is 4. The third kappa shape index (κ3) is 4.83. The summed E-state index contributed by atoms with van der Waals surface area (Å²) >= 11 is 5.79. The Hall–Kier alpha value is -2.91. The lowest BCUT2D eigenvalue weighted by atomic mass is 10.2. The topological polar surface area (TPSA) is 149 Å². The van der Waals surface area contributed by atoms with Crippen LogP contribution in [0.5, 0.6) is 0 Å². The summed E-state index contributed by atoms with van der Waals surface area (Å²) in [5.41, 5.74) is 18.1. The molecule has 9 nitrogen and oxygen atoms in total. The number of guanidine groups is 1. The maximum Gasteiger partial charge on any atom is 0.280 e. The SMILES string of the molecule is NC(=N[C@H]1CCN(Cc2ccccc2)C1)NC(=O)c1nc(Cl)c(N)nc1N. The van der Waals surface area contributed by atoms with Gasteiger partial charge in [-0.2, -0.15) is 0 Å². The van der Waals surface area contributed by atoms with Crippen molar-refractivity contribution >= 4 is 35.1 Å². The Morgan fingerprint density at radius 3 is 2.74 bits per heavy atom. The first-order valence-electron chi connectivity index (χ1n) is 8.41. The fourth-order valence-corrected chi connectivity index (χ4v) is 3.04. The van der Waals surface area contributed by atoms with Crippen LogP contribution < -0.4 is 22.5 Å². The van der Waals surface area contributed by atoms with E-state index in [1.807, 2.05) is 18.2 Å². The van der Waals surface area contributed by atoms with Crippen molar-refractivity contribution in [1.29, 1.82) is 0 Å². The highest BCUT2D eigenvalue weighted by Crippen LogP contribution is 2.18. The number of hydrogen-bond donors (Lipinski definition) is 4. The number of hydrogen-bond acceptors (Lipinski definition) is 7. The standard InChI is InChI=1S/C17H21ClN8O/c18-13-15(20)24-14(19)12(23-13)16(27)25-17(21)22-11-6-7-26(9-11)8-10-4-2-1-3-5-10/h1-5,11H,6-9H2,(H4,19,20,24)(H3,21,22,25,27)/t11-/m0/s1. The third-order valence-corrected chi connectivity index (χ3v) is 4.46. The van der Waals surface area contributed by atoms with E-state index in [1.54, 1.807) is 0 Å². The zero-order valence-electron chi connectivity index (χ0n) is 14.6. The van der Waals surface area contributed by atoms with Crippen molar-refractivity contribution in [3.63, 3.8) is 0 Å². The van der Waals surface area contributed by atoms with E-state index in [9.17, 15) is 4.79 Å². The first kappa shape index (κ1) is 18.9. The molecule has 1 aliphatic heterocycles. The van der Waals surface area contributed by atoms with Gasteiger partial charge in [0.25, 0.3) is 5.91 Å². The molecule has 10 heteroatoms. The van der Waals surface area contributed by atoms with Crippen LogP contribution in [0.1, 0.15) is 22.5 Å². The first-order valence-corrected chi connectivity index (χ1v) is 8.79. The van der Waals surface area contributed by atoms with Gasteiger partial charge in [-0.25, -0.2) is 15.0 Å². The van der Waals surface area contributed by atoms with E-state index < -0.39 is 5.91 Å². The van der Waals surface area contributed by atoms with Crippen molar-refractivity contribution in [2.75, 3.05) is 24.6 Å². The molecule has 1 aliphatic rings. The van der Waals surface area contributed by atoms with Crippen LogP contribution in [0.4, 0.5) is 11.6 Å². The summed E-state index contributed by atoms with van der Waals surface area (Å²) in [7, 11) is 0. The van der Waals surface area contributed by atoms with Gasteiger partial charge in [0, 0.05) is 19.6 Å². The van der Waals surface area contributed by atoms with Gasteiger partial charge < -0.3 is 17.2 Å². The molecule has 2 heterocycles. The molecule has 7 N–H and O–H groups in total. The van der Waals surface area contributed by atoms with Gasteiger partial charge in [-0.3, -0.25) is 15.0 Å². The maximum absolute atomic E-state index is 12.3. The summed E-state index contributed by atoms with van der Waals surface area (Å²) in [6.07, 6.45) is 0.860. The summed E-state index contributed by atoms with van der Waals surface area (Å²) in [6.45, 7) is 2.53. The van der Waals surface area contributed by atoms with Crippen LogP contribution in [0.2, 0.25) is 5.15 Å². The average Bonchev–Trinajstić information content (AvgIpc) is 3.05. The Morgan fingerprint density at radius 2 is 2.00 bits per heavy atom. The molecule has 142 valence electrons. The minimum Gasteiger partial charge on any atom is -0.382 e. The second-order valence-corrected chi connectivity index (χ2v) is 6.62. The van der Waals surface area contributed by atoms with Crippen molar-refractivity contribution < 1.29 is 4.79 Å². The van der Waals surface area contributed by atoms with E-state index in [-0.39, 0.29) is 34.5 Å². The predicted octanol–water partition coefficient (Wildman–Crippen LogP) is 0.613. The van der Waals surface area contributed by atoms with E-state index in [2.05, 4.69) is 37.3 Å². The molecular weight excluding hydrogens is 368 g/mol. The summed E-state index contributed by atoms with van der Waals surface area (Å²) < 4.78 is 0. The first-order chi connectivity index (χ1) is 12.9. The van der Waals surface area contributed by atoms with Gasteiger partial charge >= 0.3 is 0 Å². The fraction of sp³-hybridized carbons (Fsp3) is 0.294. The highest BCUT2D eigenvalue weighted by molar-refractivity contribution is 6.31. The molecule has 27 heavy (non-hydrogen) atoms. The molecular formula is C17H21ClN8O. The lowest BCUT2D eigenvalue weighted by molar-refractivity contribution is 0.0972. The lowest BCUT2D eigenvalue weighted by Gasteiger charge is -2.15. The number of nitrogens with one attached hydrogen (secondary N) is 1. The zero-order chi connectivity index (χ0) is 19.4. The van der Waals surface area contributed by atoms with Gasteiger partial charge in [0.05, 0.1) is 6.04 Å². The van der Waals surface area contributed by atoms with Crippen molar-refractivity contribution in [2.24, 2.45) is 10.7 Å². The molecule has 0 aliphatic carbocycles. The van der Waals surface area contributed by atoms with Gasteiger partial charge in [-0.15, -0.1) is 0 Å². The number of nitrogen functional groups attached to an aromatic ring is 2. The monoisotopic (exact) mass is 388 g/mol. The molecule has 3 rings (SSSR count). The van der Waals surface area contributed by atoms with E-state index in [1.165, 1.54) is 5.56 Å². The maximum atomic E-state index is 12.3. The lowest BCUT2D eigenvalue weighted by Crippen LogP contribution is -2.39. The van der Waals surface area contributed by atoms with Gasteiger partial charge in [0.2, 0.25) is 0 Å². The minimum atomic E-state index is -0.637. The van der Waals surface area contributed by atoms with Crippen LogP contribution in [-0.4, -0.2) is 45.9 Å². The molecule has 1 atom stereocenters. The number of likely N-dealkylation sites (tertiary alicyclic amines) is 1. The highest BCUT2D eigenvalue weighted by Gasteiger charge is 2.23. The molecule has 0 radical (unpaired) electrons. The summed E-state index contributed by atoms with van der Waals surface area (Å²) in [6, 6.07) is 10.2. The van der Waals surface area contributed by atoms with Crippen LogP contribution >= 0.6 is 11.6 Å². The van der Waals surface area contributed by atoms with E-state index in [4.69, 9.17) is 28.8 Å². The number of amides is 1. The largest absolute Gasteiger partial charge is 0.382 e. The Kier molecular flexibility index (Phi) is 5.72. The predicted molar refractivity (Wildman–Crippen MR) is 105 cm³/mol. The molecule has 0 bridgehead atoms. The zero-order valence-corrected chi connectivity index (χ0v) is 15.4.